The van der Waals surface area contributed by atoms with Crippen LogP contribution < -0.4 is 14.8 Å². The third-order valence-corrected chi connectivity index (χ3v) is 4.67. The minimum Gasteiger partial charge on any atom is -0.493 e. The molecule has 1 heterocycles. The third kappa shape index (κ3) is 4.90. The quantitative estimate of drug-likeness (QED) is 0.549. The van der Waals surface area contributed by atoms with Crippen LogP contribution in [0.1, 0.15) is 18.1 Å². The summed E-state index contributed by atoms with van der Waals surface area (Å²) >= 11 is 9.59. The minimum absolute atomic E-state index is 0.387. The van der Waals surface area contributed by atoms with Gasteiger partial charge in [0.25, 0.3) is 0 Å². The van der Waals surface area contributed by atoms with Crippen LogP contribution in [0.15, 0.2) is 40.9 Å². The van der Waals surface area contributed by atoms with Crippen molar-refractivity contribution in [1.29, 1.82) is 0 Å². The minimum atomic E-state index is 0.387. The largest absolute Gasteiger partial charge is 0.493 e. The summed E-state index contributed by atoms with van der Waals surface area (Å²) in [5.74, 6) is 1.90. The number of anilines is 1. The Morgan fingerprint density at radius 1 is 1.22 bits per heavy atom. The monoisotopic (exact) mass is 451 g/mol. The fraction of sp³-hybridized carbons (Fsp3) is 0.278. The number of aryl methyl sites for hydroxylation is 1. The van der Waals surface area contributed by atoms with Crippen molar-refractivity contribution in [3.8, 4) is 11.5 Å². The fourth-order valence-corrected chi connectivity index (χ4v) is 3.34. The molecule has 0 amide bonds. The van der Waals surface area contributed by atoms with Crippen molar-refractivity contribution in [3.05, 3.63) is 57.0 Å². The first-order valence-corrected chi connectivity index (χ1v) is 9.51. The van der Waals surface area contributed by atoms with Crippen molar-refractivity contribution in [2.24, 2.45) is 0 Å². The number of nitrogens with one attached hydrogen (secondary N) is 1. The van der Waals surface area contributed by atoms with E-state index in [2.05, 4.69) is 36.8 Å². The Labute approximate surface area is 170 Å². The highest BCUT2D eigenvalue weighted by Crippen LogP contribution is 2.37. The molecule has 0 saturated heterocycles. The Balaban J connectivity index is 1.72. The number of benzene rings is 2. The molecule has 0 spiro atoms. The third-order valence-electron chi connectivity index (χ3n) is 3.84. The SMILES string of the molecule is CCn1nnnc1NCc1cc(Br)c(OCc2cccc(Cl)c2)c(OC)c1. The maximum atomic E-state index is 6.02. The maximum absolute atomic E-state index is 6.02. The number of nitrogens with zero attached hydrogens (tertiary/aromatic N) is 4. The lowest BCUT2D eigenvalue weighted by molar-refractivity contribution is 0.282. The number of methoxy groups -OCH3 is 1. The van der Waals surface area contributed by atoms with Crippen molar-refractivity contribution in [2.45, 2.75) is 26.6 Å². The van der Waals surface area contributed by atoms with Gasteiger partial charge < -0.3 is 14.8 Å². The van der Waals surface area contributed by atoms with E-state index >= 15 is 0 Å². The van der Waals surface area contributed by atoms with Crippen molar-refractivity contribution < 1.29 is 9.47 Å². The first kappa shape index (κ1) is 19.4. The van der Waals surface area contributed by atoms with E-state index in [0.29, 0.717) is 42.2 Å². The van der Waals surface area contributed by atoms with E-state index in [0.717, 1.165) is 15.6 Å². The molecule has 0 bridgehead atoms. The van der Waals surface area contributed by atoms with Crippen molar-refractivity contribution in [3.63, 3.8) is 0 Å². The van der Waals surface area contributed by atoms with E-state index in [1.54, 1.807) is 11.8 Å². The van der Waals surface area contributed by atoms with Crippen LogP contribution in [0.3, 0.4) is 0 Å². The maximum Gasteiger partial charge on any atom is 0.243 e. The highest BCUT2D eigenvalue weighted by Gasteiger charge is 2.13. The van der Waals surface area contributed by atoms with Gasteiger partial charge in [0.1, 0.15) is 6.61 Å². The molecule has 0 atom stereocenters. The molecule has 2 aromatic carbocycles. The first-order valence-electron chi connectivity index (χ1n) is 8.34. The molecule has 1 N–H and O–H groups in total. The smallest absolute Gasteiger partial charge is 0.243 e. The number of hydrogen-bond donors (Lipinski definition) is 1. The lowest BCUT2D eigenvalue weighted by Crippen LogP contribution is -2.08. The molecule has 0 aliphatic rings. The molecule has 3 aromatic rings. The molecule has 9 heteroatoms. The van der Waals surface area contributed by atoms with Crippen LogP contribution >= 0.6 is 27.5 Å². The van der Waals surface area contributed by atoms with E-state index in [4.69, 9.17) is 21.1 Å². The lowest BCUT2D eigenvalue weighted by atomic mass is 10.2. The van der Waals surface area contributed by atoms with E-state index in [1.165, 1.54) is 0 Å². The second kappa shape index (κ2) is 9.05. The van der Waals surface area contributed by atoms with Gasteiger partial charge in [-0.3, -0.25) is 0 Å². The Morgan fingerprint density at radius 3 is 2.81 bits per heavy atom. The number of halogens is 2. The molecule has 0 fully saturated rings. The predicted octanol–water partition coefficient (Wildman–Crippen LogP) is 4.31. The zero-order valence-electron chi connectivity index (χ0n) is 14.9. The number of aromatic nitrogens is 4. The summed E-state index contributed by atoms with van der Waals surface area (Å²) in [5, 5.41) is 15.4. The predicted molar refractivity (Wildman–Crippen MR) is 107 cm³/mol. The highest BCUT2D eigenvalue weighted by atomic mass is 79.9. The number of tetrazole rings is 1. The normalized spacial score (nSPS) is 10.7. The van der Waals surface area contributed by atoms with Crippen molar-refractivity contribution in [2.75, 3.05) is 12.4 Å². The topological polar surface area (TPSA) is 74.1 Å². The van der Waals surface area contributed by atoms with Crippen LogP contribution in [-0.4, -0.2) is 27.3 Å². The van der Waals surface area contributed by atoms with Gasteiger partial charge in [0, 0.05) is 18.1 Å². The van der Waals surface area contributed by atoms with Gasteiger partial charge in [-0.2, -0.15) is 0 Å². The molecule has 0 aliphatic heterocycles. The summed E-state index contributed by atoms with van der Waals surface area (Å²) in [6.45, 7) is 3.61. The van der Waals surface area contributed by atoms with Crippen molar-refractivity contribution in [1.82, 2.24) is 20.2 Å². The summed E-state index contributed by atoms with van der Waals surface area (Å²) in [4.78, 5) is 0. The van der Waals surface area contributed by atoms with Gasteiger partial charge in [-0.1, -0.05) is 28.8 Å². The van der Waals surface area contributed by atoms with Crippen LogP contribution in [-0.2, 0) is 19.7 Å². The van der Waals surface area contributed by atoms with E-state index < -0.39 is 0 Å². The zero-order valence-corrected chi connectivity index (χ0v) is 17.3. The van der Waals surface area contributed by atoms with Gasteiger partial charge in [0.15, 0.2) is 11.5 Å². The second-order valence-corrected chi connectivity index (χ2v) is 6.99. The molecule has 3 rings (SSSR count). The highest BCUT2D eigenvalue weighted by molar-refractivity contribution is 9.10. The molecular formula is C18H19BrClN5O2. The second-order valence-electron chi connectivity index (χ2n) is 5.70. The standard InChI is InChI=1S/C18H19BrClN5O2/c1-3-25-18(22-23-24-25)21-10-13-8-15(19)17(16(9-13)26-2)27-11-12-5-4-6-14(20)7-12/h4-9H,3,10-11H2,1-2H3,(H,21,22,24). The Hall–Kier alpha value is -2.32. The number of rotatable bonds is 8. The fourth-order valence-electron chi connectivity index (χ4n) is 2.52. The zero-order chi connectivity index (χ0) is 19.2. The molecule has 7 nitrogen and oxygen atoms in total. The van der Waals surface area contributed by atoms with Crippen LogP contribution in [0.4, 0.5) is 5.95 Å². The Morgan fingerprint density at radius 2 is 2.07 bits per heavy atom. The van der Waals surface area contributed by atoms with Gasteiger partial charge in [0.2, 0.25) is 5.95 Å². The van der Waals surface area contributed by atoms with Gasteiger partial charge >= 0.3 is 0 Å². The number of hydrogen-bond acceptors (Lipinski definition) is 6. The molecule has 0 saturated carbocycles. The van der Waals surface area contributed by atoms with Crippen LogP contribution in [0, 0.1) is 0 Å². The molecule has 0 radical (unpaired) electrons. The van der Waals surface area contributed by atoms with Crippen LogP contribution in [0.2, 0.25) is 5.02 Å². The average Bonchev–Trinajstić information content (AvgIpc) is 3.12. The lowest BCUT2D eigenvalue weighted by Gasteiger charge is -2.15. The summed E-state index contributed by atoms with van der Waals surface area (Å²) in [5.41, 5.74) is 1.98. The number of ether oxygens (including phenoxy) is 2. The van der Waals surface area contributed by atoms with Crippen molar-refractivity contribution >= 4 is 33.5 Å². The average molecular weight is 453 g/mol. The van der Waals surface area contributed by atoms with Gasteiger partial charge in [-0.05, 0) is 68.7 Å². The summed E-state index contributed by atoms with van der Waals surface area (Å²) < 4.78 is 14.0. The first-order chi connectivity index (χ1) is 13.1. The van der Waals surface area contributed by atoms with Gasteiger partial charge in [-0.25, -0.2) is 4.68 Å². The Bertz CT molecular complexity index is 919. The molecule has 142 valence electrons. The van der Waals surface area contributed by atoms with Crippen LogP contribution in [0.5, 0.6) is 11.5 Å². The van der Waals surface area contributed by atoms with E-state index in [-0.39, 0.29) is 0 Å². The van der Waals surface area contributed by atoms with Crippen LogP contribution in [0.25, 0.3) is 0 Å². The summed E-state index contributed by atoms with van der Waals surface area (Å²) in [6, 6.07) is 11.5. The Kier molecular flexibility index (Phi) is 6.52. The van der Waals surface area contributed by atoms with Gasteiger partial charge in [-0.15, -0.1) is 0 Å². The molecular weight excluding hydrogens is 434 g/mol. The summed E-state index contributed by atoms with van der Waals surface area (Å²) in [7, 11) is 1.61. The molecule has 0 unspecified atom stereocenters. The molecule has 1 aromatic heterocycles. The summed E-state index contributed by atoms with van der Waals surface area (Å²) in [6.07, 6.45) is 0. The van der Waals surface area contributed by atoms with Gasteiger partial charge in [0.05, 0.1) is 11.6 Å². The molecule has 0 aliphatic carbocycles. The molecule has 27 heavy (non-hydrogen) atoms. The van der Waals surface area contributed by atoms with E-state index in [9.17, 15) is 0 Å². The van der Waals surface area contributed by atoms with E-state index in [1.807, 2.05) is 43.3 Å².